The zero-order valence-corrected chi connectivity index (χ0v) is 23.8. The average molecular weight is 612 g/mol. The van der Waals surface area contributed by atoms with Crippen LogP contribution in [0.15, 0.2) is 35.1 Å². The van der Waals surface area contributed by atoms with Crippen molar-refractivity contribution in [1.29, 1.82) is 0 Å². The molecular formula is C27H33BrF3N5O3. The summed E-state index contributed by atoms with van der Waals surface area (Å²) in [6, 6.07) is 3.59. The number of nitrogens with one attached hydrogen (secondary N) is 1. The van der Waals surface area contributed by atoms with E-state index in [0.29, 0.717) is 60.4 Å². The Morgan fingerprint density at radius 3 is 2.41 bits per heavy atom. The van der Waals surface area contributed by atoms with E-state index in [1.54, 1.807) is 18.2 Å². The van der Waals surface area contributed by atoms with Crippen LogP contribution in [-0.2, 0) is 16.1 Å². The standard InChI is InChI=1S/C27H33BrF3N5O3/c1-26(2,3)39-25(38)17-8-11-35(12-9-17)23-15-32-21(14-33-23)24(37)34-19-6-7-20(28)18(13-19)16-36-10-4-5-22(36)27(29,30)31/h6-7,13-15,17,22H,4-5,8-12,16H2,1-3H3,(H,34,37)/t22-/m0/s1. The summed E-state index contributed by atoms with van der Waals surface area (Å²) >= 11 is 3.42. The van der Waals surface area contributed by atoms with Crippen LogP contribution < -0.4 is 10.2 Å². The summed E-state index contributed by atoms with van der Waals surface area (Å²) in [6.45, 7) is 7.29. The Kier molecular flexibility index (Phi) is 8.85. The number of piperidine rings is 1. The Hall–Kier alpha value is -2.73. The largest absolute Gasteiger partial charge is 0.460 e. The third-order valence-electron chi connectivity index (χ3n) is 6.85. The van der Waals surface area contributed by atoms with E-state index in [-0.39, 0.29) is 30.5 Å². The predicted octanol–water partition coefficient (Wildman–Crippen LogP) is 5.58. The smallest absolute Gasteiger partial charge is 0.404 e. The number of anilines is 2. The number of alkyl halides is 3. The first-order chi connectivity index (χ1) is 18.3. The highest BCUT2D eigenvalue weighted by Crippen LogP contribution is 2.35. The van der Waals surface area contributed by atoms with Crippen LogP contribution in [-0.4, -0.2) is 64.2 Å². The summed E-state index contributed by atoms with van der Waals surface area (Å²) < 4.78 is 46.2. The van der Waals surface area contributed by atoms with E-state index in [2.05, 4.69) is 31.2 Å². The highest BCUT2D eigenvalue weighted by atomic mass is 79.9. The molecule has 2 aliphatic rings. The molecule has 0 saturated carbocycles. The van der Waals surface area contributed by atoms with E-state index in [9.17, 15) is 22.8 Å². The fourth-order valence-electron chi connectivity index (χ4n) is 4.90. The number of rotatable bonds is 6. The van der Waals surface area contributed by atoms with Crippen LogP contribution >= 0.6 is 15.9 Å². The Morgan fingerprint density at radius 1 is 1.08 bits per heavy atom. The van der Waals surface area contributed by atoms with Gasteiger partial charge in [0.25, 0.3) is 5.91 Å². The van der Waals surface area contributed by atoms with Gasteiger partial charge in [0.05, 0.1) is 18.3 Å². The van der Waals surface area contributed by atoms with Gasteiger partial charge in [0.2, 0.25) is 0 Å². The summed E-state index contributed by atoms with van der Waals surface area (Å²) in [6.07, 6.45) is 0.525. The molecule has 2 aliphatic heterocycles. The molecule has 1 aromatic heterocycles. The molecule has 3 heterocycles. The minimum Gasteiger partial charge on any atom is -0.460 e. The quantitative estimate of drug-likeness (QED) is 0.427. The molecule has 1 N–H and O–H groups in total. The van der Waals surface area contributed by atoms with Gasteiger partial charge in [-0.1, -0.05) is 15.9 Å². The van der Waals surface area contributed by atoms with Crippen LogP contribution in [0, 0.1) is 5.92 Å². The first-order valence-electron chi connectivity index (χ1n) is 13.0. The van der Waals surface area contributed by atoms with E-state index < -0.39 is 23.7 Å². The number of hydrogen-bond donors (Lipinski definition) is 1. The van der Waals surface area contributed by atoms with Gasteiger partial charge in [-0.3, -0.25) is 14.5 Å². The molecule has 0 radical (unpaired) electrons. The van der Waals surface area contributed by atoms with Gasteiger partial charge in [-0.2, -0.15) is 13.2 Å². The number of aromatic nitrogens is 2. The minimum absolute atomic E-state index is 0.0912. The fraction of sp³-hybridized carbons (Fsp3) is 0.556. The van der Waals surface area contributed by atoms with Crippen molar-refractivity contribution in [3.05, 3.63) is 46.3 Å². The van der Waals surface area contributed by atoms with Crippen molar-refractivity contribution in [3.8, 4) is 0 Å². The van der Waals surface area contributed by atoms with Crippen LogP contribution in [0.25, 0.3) is 0 Å². The molecule has 2 fully saturated rings. The van der Waals surface area contributed by atoms with Crippen molar-refractivity contribution in [2.24, 2.45) is 5.92 Å². The molecule has 0 unspecified atom stereocenters. The first kappa shape index (κ1) is 29.3. The van der Waals surface area contributed by atoms with E-state index in [0.717, 1.165) is 0 Å². The third-order valence-corrected chi connectivity index (χ3v) is 7.62. The molecule has 12 heteroatoms. The number of carbonyl (C=O) groups excluding carboxylic acids is 2. The second-order valence-corrected chi connectivity index (χ2v) is 11.8. The monoisotopic (exact) mass is 611 g/mol. The highest BCUT2D eigenvalue weighted by Gasteiger charge is 2.45. The number of benzene rings is 1. The highest BCUT2D eigenvalue weighted by molar-refractivity contribution is 9.10. The van der Waals surface area contributed by atoms with Gasteiger partial charge < -0.3 is 15.0 Å². The van der Waals surface area contributed by atoms with Gasteiger partial charge >= 0.3 is 12.1 Å². The second kappa shape index (κ2) is 11.8. The number of esters is 1. The molecule has 39 heavy (non-hydrogen) atoms. The molecule has 1 aromatic carbocycles. The summed E-state index contributed by atoms with van der Waals surface area (Å²) in [7, 11) is 0. The molecule has 2 aromatic rings. The van der Waals surface area contributed by atoms with Gasteiger partial charge in [-0.15, -0.1) is 0 Å². The summed E-state index contributed by atoms with van der Waals surface area (Å²) in [5, 5.41) is 2.76. The van der Waals surface area contributed by atoms with Gasteiger partial charge in [0.1, 0.15) is 23.2 Å². The molecule has 1 amide bonds. The first-order valence-corrected chi connectivity index (χ1v) is 13.8. The molecule has 212 valence electrons. The van der Waals surface area contributed by atoms with E-state index in [4.69, 9.17) is 4.74 Å². The molecular weight excluding hydrogens is 579 g/mol. The summed E-state index contributed by atoms with van der Waals surface area (Å²) in [5.74, 6) is -0.193. The zero-order valence-electron chi connectivity index (χ0n) is 22.2. The van der Waals surface area contributed by atoms with Gasteiger partial charge in [-0.25, -0.2) is 9.97 Å². The fourth-order valence-corrected chi connectivity index (χ4v) is 5.28. The third kappa shape index (κ3) is 7.69. The molecule has 1 atom stereocenters. The number of carbonyl (C=O) groups is 2. The average Bonchev–Trinajstić information content (AvgIpc) is 3.34. The SMILES string of the molecule is CC(C)(C)OC(=O)C1CCN(c2cnc(C(=O)Nc3ccc(Br)c(CN4CCC[C@H]4C(F)(F)F)c3)cn2)CC1. The topological polar surface area (TPSA) is 87.7 Å². The van der Waals surface area contributed by atoms with Gasteiger partial charge in [0, 0.05) is 29.8 Å². The number of likely N-dealkylation sites (tertiary alicyclic amines) is 1. The molecule has 0 spiro atoms. The maximum atomic E-state index is 13.4. The second-order valence-electron chi connectivity index (χ2n) is 11.0. The Bertz CT molecular complexity index is 1180. The van der Waals surface area contributed by atoms with Crippen molar-refractivity contribution in [2.45, 2.75) is 70.8 Å². The lowest BCUT2D eigenvalue weighted by Crippen LogP contribution is -2.40. The molecule has 0 bridgehead atoms. The van der Waals surface area contributed by atoms with Crippen molar-refractivity contribution < 1.29 is 27.5 Å². The van der Waals surface area contributed by atoms with Crippen LogP contribution in [0.4, 0.5) is 24.7 Å². The van der Waals surface area contributed by atoms with Crippen LogP contribution in [0.5, 0.6) is 0 Å². The van der Waals surface area contributed by atoms with Crippen LogP contribution in [0.3, 0.4) is 0 Å². The normalized spacial score (nSPS) is 19.3. The minimum atomic E-state index is -4.27. The predicted molar refractivity (Wildman–Crippen MR) is 144 cm³/mol. The molecule has 8 nitrogen and oxygen atoms in total. The lowest BCUT2D eigenvalue weighted by atomic mass is 9.96. The van der Waals surface area contributed by atoms with Gasteiger partial charge in [-0.05, 0) is 76.8 Å². The summed E-state index contributed by atoms with van der Waals surface area (Å²) in [5.41, 5.74) is 0.706. The van der Waals surface area contributed by atoms with Crippen molar-refractivity contribution >= 4 is 39.3 Å². The molecule has 0 aliphatic carbocycles. The number of amides is 1. The van der Waals surface area contributed by atoms with Crippen LogP contribution in [0.2, 0.25) is 0 Å². The Balaban J connectivity index is 1.34. The lowest BCUT2D eigenvalue weighted by molar-refractivity contribution is -0.177. The number of ether oxygens (including phenoxy) is 1. The Labute approximate surface area is 234 Å². The number of nitrogens with zero attached hydrogens (tertiary/aromatic N) is 4. The zero-order chi connectivity index (χ0) is 28.4. The lowest BCUT2D eigenvalue weighted by Gasteiger charge is -2.33. The molecule has 4 rings (SSSR count). The number of hydrogen-bond acceptors (Lipinski definition) is 7. The van der Waals surface area contributed by atoms with Crippen molar-refractivity contribution in [2.75, 3.05) is 29.9 Å². The Morgan fingerprint density at radius 2 is 1.79 bits per heavy atom. The van der Waals surface area contributed by atoms with E-state index in [1.165, 1.54) is 17.3 Å². The molecule has 2 saturated heterocycles. The van der Waals surface area contributed by atoms with Crippen LogP contribution in [0.1, 0.15) is 62.5 Å². The van der Waals surface area contributed by atoms with Crippen molar-refractivity contribution in [3.63, 3.8) is 0 Å². The van der Waals surface area contributed by atoms with Gasteiger partial charge in [0.15, 0.2) is 0 Å². The van der Waals surface area contributed by atoms with E-state index in [1.807, 2.05) is 25.7 Å². The summed E-state index contributed by atoms with van der Waals surface area (Å²) in [4.78, 5) is 37.2. The van der Waals surface area contributed by atoms with Crippen molar-refractivity contribution in [1.82, 2.24) is 14.9 Å². The maximum Gasteiger partial charge on any atom is 0.404 e. The maximum absolute atomic E-state index is 13.4. The van der Waals surface area contributed by atoms with E-state index >= 15 is 0 Å². The number of halogens is 4.